The van der Waals surface area contributed by atoms with Gasteiger partial charge < -0.3 is 10.2 Å². The second kappa shape index (κ2) is 4.22. The molecule has 20 heavy (non-hydrogen) atoms. The van der Waals surface area contributed by atoms with Crippen molar-refractivity contribution in [3.8, 4) is 0 Å². The highest BCUT2D eigenvalue weighted by atomic mass is 16.4. The zero-order valence-corrected chi connectivity index (χ0v) is 11.7. The Bertz CT molecular complexity index is 705. The topological polar surface area (TPSA) is 61.2 Å². The number of nitrogens with zero attached hydrogens (tertiary/aromatic N) is 1. The molecule has 2 saturated carbocycles. The Labute approximate surface area is 117 Å². The Balaban J connectivity index is 1.68. The molecule has 1 aromatic heterocycles. The van der Waals surface area contributed by atoms with Crippen LogP contribution < -0.4 is 11.5 Å². The van der Waals surface area contributed by atoms with Crippen LogP contribution in [0.2, 0.25) is 0 Å². The van der Waals surface area contributed by atoms with Gasteiger partial charge in [0.05, 0.1) is 5.52 Å². The fraction of sp³-hybridized carbons (Fsp3) is 0.562. The molecule has 3 unspecified atom stereocenters. The molecule has 0 saturated heterocycles. The van der Waals surface area contributed by atoms with Crippen molar-refractivity contribution in [1.82, 2.24) is 4.57 Å². The van der Waals surface area contributed by atoms with Gasteiger partial charge in [-0.15, -0.1) is 0 Å². The summed E-state index contributed by atoms with van der Waals surface area (Å²) in [7, 11) is 0. The number of fused-ring (bicyclic) bond motifs is 2. The molecule has 4 rings (SSSR count). The molecule has 2 N–H and O–H groups in total. The van der Waals surface area contributed by atoms with E-state index in [0.717, 1.165) is 22.9 Å². The number of aryl methyl sites for hydroxylation is 1. The van der Waals surface area contributed by atoms with Crippen LogP contribution in [-0.4, -0.2) is 4.57 Å². The second-order valence-corrected chi connectivity index (χ2v) is 6.35. The van der Waals surface area contributed by atoms with Crippen LogP contribution >= 0.6 is 0 Å². The molecule has 1 aromatic carbocycles. The first-order valence-corrected chi connectivity index (χ1v) is 7.56. The van der Waals surface area contributed by atoms with Crippen molar-refractivity contribution in [3.63, 3.8) is 0 Å². The van der Waals surface area contributed by atoms with Crippen molar-refractivity contribution in [2.24, 2.45) is 23.5 Å². The number of hydrogen-bond donors (Lipinski definition) is 1. The summed E-state index contributed by atoms with van der Waals surface area (Å²) in [6, 6.07) is 6.05. The molecule has 2 aliphatic carbocycles. The first-order chi connectivity index (χ1) is 9.67. The van der Waals surface area contributed by atoms with Gasteiger partial charge in [0, 0.05) is 12.6 Å². The second-order valence-electron chi connectivity index (χ2n) is 6.35. The van der Waals surface area contributed by atoms with E-state index in [1.807, 2.05) is 19.1 Å². The smallest absolute Gasteiger partial charge is 0.408 e. The van der Waals surface area contributed by atoms with Crippen LogP contribution in [0.25, 0.3) is 11.1 Å². The van der Waals surface area contributed by atoms with Crippen LogP contribution in [0.1, 0.15) is 37.8 Å². The quantitative estimate of drug-likeness (QED) is 0.934. The minimum absolute atomic E-state index is 0.0717. The van der Waals surface area contributed by atoms with Crippen LogP contribution in [0.3, 0.4) is 0 Å². The van der Waals surface area contributed by atoms with Crippen LogP contribution in [0.15, 0.2) is 27.4 Å². The van der Waals surface area contributed by atoms with E-state index < -0.39 is 0 Å². The lowest BCUT2D eigenvalue weighted by Gasteiger charge is -2.20. The number of rotatable bonds is 3. The average Bonchev–Trinajstić information content (AvgIpc) is 2.93. The van der Waals surface area contributed by atoms with Crippen LogP contribution in [0.4, 0.5) is 0 Å². The Morgan fingerprint density at radius 3 is 2.80 bits per heavy atom. The summed E-state index contributed by atoms with van der Waals surface area (Å²) in [5.41, 5.74) is 9.05. The molecule has 3 atom stereocenters. The van der Waals surface area contributed by atoms with Crippen molar-refractivity contribution < 1.29 is 4.42 Å². The molecule has 4 nitrogen and oxygen atoms in total. The molecule has 0 spiro atoms. The van der Waals surface area contributed by atoms with Gasteiger partial charge >= 0.3 is 5.76 Å². The summed E-state index contributed by atoms with van der Waals surface area (Å²) in [6.07, 6.45) is 3.95. The summed E-state index contributed by atoms with van der Waals surface area (Å²) in [5, 5.41) is 0. The summed E-state index contributed by atoms with van der Waals surface area (Å²) in [4.78, 5) is 11.7. The molecule has 4 heteroatoms. The summed E-state index contributed by atoms with van der Waals surface area (Å²) in [6.45, 7) is 2.57. The highest BCUT2D eigenvalue weighted by Crippen LogP contribution is 2.56. The zero-order chi connectivity index (χ0) is 13.9. The standard InChI is InChI=1S/C16H20N2O2/c1-2-18-13-4-3-9(8-14(13)20-16(18)19)15(17)12-6-10-5-11(10)7-12/h3-4,8,10-12,15H,2,5-7,17H2,1H3. The lowest BCUT2D eigenvalue weighted by Crippen LogP contribution is -2.20. The minimum Gasteiger partial charge on any atom is -0.408 e. The lowest BCUT2D eigenvalue weighted by atomic mass is 9.90. The van der Waals surface area contributed by atoms with Gasteiger partial charge in [0.25, 0.3) is 0 Å². The van der Waals surface area contributed by atoms with Crippen molar-refractivity contribution in [1.29, 1.82) is 0 Å². The molecular formula is C16H20N2O2. The molecular weight excluding hydrogens is 252 g/mol. The fourth-order valence-corrected chi connectivity index (χ4v) is 3.92. The van der Waals surface area contributed by atoms with Gasteiger partial charge in [0.1, 0.15) is 0 Å². The monoisotopic (exact) mass is 272 g/mol. The highest BCUT2D eigenvalue weighted by Gasteiger charge is 2.47. The molecule has 0 radical (unpaired) electrons. The normalized spacial score (nSPS) is 29.6. The van der Waals surface area contributed by atoms with E-state index in [2.05, 4.69) is 6.07 Å². The Hall–Kier alpha value is -1.55. The predicted octanol–water partition coefficient (Wildman–Crippen LogP) is 2.66. The first kappa shape index (κ1) is 12.2. The number of nitrogens with two attached hydrogens (primary N) is 1. The van der Waals surface area contributed by atoms with E-state index in [1.54, 1.807) is 4.57 Å². The van der Waals surface area contributed by atoms with E-state index >= 15 is 0 Å². The maximum absolute atomic E-state index is 11.7. The lowest BCUT2D eigenvalue weighted by molar-refractivity contribution is 0.404. The average molecular weight is 272 g/mol. The minimum atomic E-state index is -0.282. The third-order valence-corrected chi connectivity index (χ3v) is 5.18. The molecule has 0 aliphatic heterocycles. The van der Waals surface area contributed by atoms with E-state index in [9.17, 15) is 4.79 Å². The summed E-state index contributed by atoms with van der Waals surface area (Å²) < 4.78 is 6.97. The van der Waals surface area contributed by atoms with Crippen LogP contribution in [0, 0.1) is 17.8 Å². The number of aromatic nitrogens is 1. The Kier molecular flexibility index (Phi) is 2.58. The molecule has 1 heterocycles. The van der Waals surface area contributed by atoms with Crippen molar-refractivity contribution in [2.75, 3.05) is 0 Å². The van der Waals surface area contributed by atoms with E-state index in [4.69, 9.17) is 10.2 Å². The van der Waals surface area contributed by atoms with Gasteiger partial charge in [0.2, 0.25) is 0 Å². The highest BCUT2D eigenvalue weighted by molar-refractivity contribution is 5.74. The predicted molar refractivity (Wildman–Crippen MR) is 77.4 cm³/mol. The van der Waals surface area contributed by atoms with Crippen molar-refractivity contribution in [2.45, 2.75) is 38.8 Å². The molecule has 0 bridgehead atoms. The van der Waals surface area contributed by atoms with Gasteiger partial charge in [-0.05, 0) is 61.6 Å². The summed E-state index contributed by atoms with van der Waals surface area (Å²) in [5.74, 6) is 2.19. The number of benzene rings is 1. The van der Waals surface area contributed by atoms with E-state index in [1.165, 1.54) is 19.3 Å². The molecule has 2 fully saturated rings. The SMILES string of the molecule is CCn1c(=O)oc2cc(C(N)C3CC4CC4C3)ccc21. The van der Waals surface area contributed by atoms with Gasteiger partial charge in [-0.25, -0.2) is 4.79 Å². The Morgan fingerprint density at radius 1 is 1.35 bits per heavy atom. The van der Waals surface area contributed by atoms with Gasteiger partial charge in [-0.3, -0.25) is 4.57 Å². The fourth-order valence-electron chi connectivity index (χ4n) is 3.92. The van der Waals surface area contributed by atoms with Crippen LogP contribution in [0.5, 0.6) is 0 Å². The largest absolute Gasteiger partial charge is 0.419 e. The third-order valence-electron chi connectivity index (χ3n) is 5.18. The van der Waals surface area contributed by atoms with Gasteiger partial charge in [0.15, 0.2) is 5.58 Å². The number of hydrogen-bond acceptors (Lipinski definition) is 3. The number of oxazole rings is 1. The van der Waals surface area contributed by atoms with Gasteiger partial charge in [-0.1, -0.05) is 6.07 Å². The molecule has 2 aromatic rings. The van der Waals surface area contributed by atoms with Crippen LogP contribution in [-0.2, 0) is 6.54 Å². The van der Waals surface area contributed by atoms with Crippen molar-refractivity contribution in [3.05, 3.63) is 34.3 Å². The third kappa shape index (κ3) is 1.74. The Morgan fingerprint density at radius 2 is 2.10 bits per heavy atom. The maximum atomic E-state index is 11.7. The zero-order valence-electron chi connectivity index (χ0n) is 11.7. The van der Waals surface area contributed by atoms with E-state index in [-0.39, 0.29) is 11.8 Å². The first-order valence-electron chi connectivity index (χ1n) is 7.56. The summed E-state index contributed by atoms with van der Waals surface area (Å²) >= 11 is 0. The maximum Gasteiger partial charge on any atom is 0.419 e. The molecule has 106 valence electrons. The van der Waals surface area contributed by atoms with Gasteiger partial charge in [-0.2, -0.15) is 0 Å². The van der Waals surface area contributed by atoms with E-state index in [0.29, 0.717) is 18.0 Å². The van der Waals surface area contributed by atoms with Crippen molar-refractivity contribution >= 4 is 11.1 Å². The molecule has 2 aliphatic rings. The molecule has 0 amide bonds.